The first kappa shape index (κ1) is 35.4. The van der Waals surface area contributed by atoms with Crippen LogP contribution in [0.3, 0.4) is 0 Å². The summed E-state index contributed by atoms with van der Waals surface area (Å²) in [5.41, 5.74) is 6.03. The largest absolute Gasteiger partial charge is 0.378 e. The normalized spacial score (nSPS) is 13.1. The molecule has 49 heavy (non-hydrogen) atoms. The number of hydrogen-bond donors (Lipinski definition) is 4. The highest BCUT2D eigenvalue weighted by Gasteiger charge is 2.23. The van der Waals surface area contributed by atoms with Gasteiger partial charge in [0.05, 0.1) is 24.5 Å². The van der Waals surface area contributed by atoms with E-state index in [1.807, 2.05) is 49.4 Å². The summed E-state index contributed by atoms with van der Waals surface area (Å²) in [5.74, 6) is -0.339. The molecule has 2 heterocycles. The zero-order valence-corrected chi connectivity index (χ0v) is 29.4. The topological polar surface area (TPSA) is 122 Å². The molecule has 1 aliphatic rings. The number of thiol groups is 1. The highest BCUT2D eigenvalue weighted by Crippen LogP contribution is 2.31. The third-order valence-corrected chi connectivity index (χ3v) is 8.75. The van der Waals surface area contributed by atoms with Crippen LogP contribution in [0.1, 0.15) is 59.0 Å². The number of benzene rings is 3. The second-order valence-electron chi connectivity index (χ2n) is 13.1. The number of hydrogen-bond acceptors (Lipinski definition) is 7. The number of carbonyl (C=O) groups excluding carboxylic acids is 3. The van der Waals surface area contributed by atoms with Gasteiger partial charge in [0.2, 0.25) is 5.91 Å². The fraction of sp³-hybridized carbons (Fsp3) is 0.316. The van der Waals surface area contributed by atoms with E-state index in [9.17, 15) is 19.2 Å². The predicted octanol–water partition coefficient (Wildman–Crippen LogP) is 6.38. The molecule has 0 atom stereocenters. The van der Waals surface area contributed by atoms with E-state index >= 15 is 0 Å². The van der Waals surface area contributed by atoms with Gasteiger partial charge in [0, 0.05) is 55.3 Å². The van der Waals surface area contributed by atoms with Crippen LogP contribution in [0.4, 0.5) is 22.7 Å². The number of amides is 3. The molecule has 3 N–H and O–H groups in total. The fourth-order valence-corrected chi connectivity index (χ4v) is 5.87. The molecule has 1 aliphatic heterocycles. The molecule has 0 saturated carbocycles. The lowest BCUT2D eigenvalue weighted by atomic mass is 9.86. The smallest absolute Gasteiger partial charge is 0.274 e. The lowest BCUT2D eigenvalue weighted by Crippen LogP contribution is -2.41. The molecule has 0 unspecified atom stereocenters. The maximum absolute atomic E-state index is 13.4. The van der Waals surface area contributed by atoms with Gasteiger partial charge in [0.15, 0.2) is 0 Å². The van der Waals surface area contributed by atoms with Crippen molar-refractivity contribution in [2.45, 2.75) is 39.5 Å². The van der Waals surface area contributed by atoms with E-state index in [2.05, 4.69) is 49.4 Å². The summed E-state index contributed by atoms with van der Waals surface area (Å²) < 4.78 is 6.88. The monoisotopic (exact) mass is 681 g/mol. The Hall–Kier alpha value is -4.87. The van der Waals surface area contributed by atoms with Crippen LogP contribution in [0.5, 0.6) is 0 Å². The van der Waals surface area contributed by atoms with Crippen molar-refractivity contribution in [3.63, 3.8) is 0 Å². The summed E-state index contributed by atoms with van der Waals surface area (Å²) in [7, 11) is 1.67. The maximum Gasteiger partial charge on any atom is 0.274 e. The Morgan fingerprint density at radius 1 is 0.898 bits per heavy atom. The Bertz CT molecular complexity index is 1920. The van der Waals surface area contributed by atoms with Crippen molar-refractivity contribution in [1.29, 1.82) is 0 Å². The van der Waals surface area contributed by atoms with E-state index < -0.39 is 0 Å². The van der Waals surface area contributed by atoms with E-state index in [-0.39, 0.29) is 35.1 Å². The Kier molecular flexibility index (Phi) is 10.9. The fourth-order valence-electron chi connectivity index (χ4n) is 5.67. The Morgan fingerprint density at radius 2 is 1.61 bits per heavy atom. The van der Waals surface area contributed by atoms with Crippen molar-refractivity contribution < 1.29 is 19.1 Å². The van der Waals surface area contributed by atoms with E-state index in [0.717, 1.165) is 22.3 Å². The second kappa shape index (κ2) is 15.1. The van der Waals surface area contributed by atoms with Crippen LogP contribution >= 0.6 is 12.6 Å². The van der Waals surface area contributed by atoms with Gasteiger partial charge in [-0.3, -0.25) is 19.2 Å². The molecule has 0 radical (unpaired) electrons. The van der Waals surface area contributed by atoms with Gasteiger partial charge in [0.1, 0.15) is 5.69 Å². The van der Waals surface area contributed by atoms with Gasteiger partial charge in [-0.2, -0.15) is 12.6 Å². The number of morpholine rings is 1. The average Bonchev–Trinajstić information content (AvgIpc) is 3.07. The zero-order chi connectivity index (χ0) is 35.3. The molecule has 11 heteroatoms. The molecule has 3 amide bonds. The molecule has 5 rings (SSSR count). The summed E-state index contributed by atoms with van der Waals surface area (Å²) in [6.45, 7) is 10.1. The molecular formula is C38H43N5O5S. The van der Waals surface area contributed by atoms with Crippen LogP contribution in [0.25, 0.3) is 11.1 Å². The predicted molar refractivity (Wildman–Crippen MR) is 198 cm³/mol. The van der Waals surface area contributed by atoms with E-state index in [1.165, 1.54) is 4.57 Å². The Morgan fingerprint density at radius 3 is 2.29 bits per heavy atom. The third kappa shape index (κ3) is 8.41. The molecular weight excluding hydrogens is 639 g/mol. The number of anilines is 4. The van der Waals surface area contributed by atoms with E-state index in [4.69, 9.17) is 4.74 Å². The number of ether oxygens (including phenoxy) is 1. The van der Waals surface area contributed by atoms with Crippen LogP contribution in [0, 0.1) is 6.92 Å². The van der Waals surface area contributed by atoms with Gasteiger partial charge in [-0.05, 0) is 77.2 Å². The van der Waals surface area contributed by atoms with Crippen LogP contribution in [0.2, 0.25) is 0 Å². The van der Waals surface area contributed by atoms with Crippen LogP contribution < -0.4 is 21.5 Å². The number of pyridine rings is 1. The van der Waals surface area contributed by atoms with Crippen molar-refractivity contribution >= 4 is 53.1 Å². The number of nitrogens with one attached hydrogen (secondary N) is 3. The van der Waals surface area contributed by atoms with Crippen molar-refractivity contribution in [2.24, 2.45) is 7.05 Å². The van der Waals surface area contributed by atoms with Gasteiger partial charge in [0.25, 0.3) is 17.4 Å². The van der Waals surface area contributed by atoms with Gasteiger partial charge in [-0.15, -0.1) is 0 Å². The molecule has 1 saturated heterocycles. The average molecular weight is 682 g/mol. The molecule has 4 aromatic rings. The second-order valence-corrected chi connectivity index (χ2v) is 13.6. The van der Waals surface area contributed by atoms with Crippen molar-refractivity contribution in [3.8, 4) is 11.1 Å². The Labute approximate surface area is 292 Å². The van der Waals surface area contributed by atoms with Gasteiger partial charge < -0.3 is 30.2 Å². The third-order valence-electron chi connectivity index (χ3n) is 8.53. The SMILES string of the molecule is Cc1c(NC(=O)c2ccc(C(C)(C)C)cc2)cccc1-c1cc(Nc2ccc(C(=O)N3CCOCC3)c(NC(=O)CCS)c2)c(=O)n(C)c1. The molecule has 0 spiro atoms. The molecule has 0 bridgehead atoms. The van der Waals surface area contributed by atoms with Crippen molar-refractivity contribution in [2.75, 3.05) is 48.0 Å². The minimum Gasteiger partial charge on any atom is -0.378 e. The van der Waals surface area contributed by atoms with Crippen molar-refractivity contribution in [1.82, 2.24) is 9.47 Å². The quantitative estimate of drug-likeness (QED) is 0.152. The van der Waals surface area contributed by atoms with Gasteiger partial charge >= 0.3 is 0 Å². The summed E-state index contributed by atoms with van der Waals surface area (Å²) >= 11 is 4.16. The first-order chi connectivity index (χ1) is 23.3. The van der Waals surface area contributed by atoms with Gasteiger partial charge in [-0.1, -0.05) is 45.0 Å². The molecule has 3 aromatic carbocycles. The van der Waals surface area contributed by atoms with Crippen molar-refractivity contribution in [3.05, 3.63) is 106 Å². The summed E-state index contributed by atoms with van der Waals surface area (Å²) in [6.07, 6.45) is 1.93. The molecule has 1 aromatic heterocycles. The lowest BCUT2D eigenvalue weighted by molar-refractivity contribution is -0.115. The number of nitrogens with zero attached hydrogens (tertiary/aromatic N) is 2. The molecule has 10 nitrogen and oxygen atoms in total. The number of aryl methyl sites for hydroxylation is 1. The molecule has 1 fully saturated rings. The van der Waals surface area contributed by atoms with Crippen LogP contribution in [-0.4, -0.2) is 59.2 Å². The highest BCUT2D eigenvalue weighted by atomic mass is 32.1. The highest BCUT2D eigenvalue weighted by molar-refractivity contribution is 7.80. The number of rotatable bonds is 9. The summed E-state index contributed by atoms with van der Waals surface area (Å²) in [4.78, 5) is 54.2. The minimum atomic E-state index is -0.273. The zero-order valence-electron chi connectivity index (χ0n) is 28.6. The molecule has 256 valence electrons. The standard InChI is InChI=1S/C38H43N5O5S/c1-24-29(7-6-8-31(24)41-35(45)25-9-11-27(12-10-25)38(2,3)4)26-21-33(37(47)42(5)23-26)39-28-13-14-30(32(22-28)40-34(44)15-20-49)36(46)43-16-18-48-19-17-43/h6-14,21-23,39,49H,15-20H2,1-5H3,(H,40,44)(H,41,45). The molecule has 0 aliphatic carbocycles. The van der Waals surface area contributed by atoms with E-state index in [0.29, 0.717) is 65.9 Å². The summed E-state index contributed by atoms with van der Waals surface area (Å²) in [6, 6.07) is 20.1. The first-order valence-corrected chi connectivity index (χ1v) is 16.9. The van der Waals surface area contributed by atoms with Crippen LogP contribution in [0.15, 0.2) is 77.7 Å². The lowest BCUT2D eigenvalue weighted by Gasteiger charge is -2.27. The maximum atomic E-state index is 13.4. The Balaban J connectivity index is 1.42. The summed E-state index contributed by atoms with van der Waals surface area (Å²) in [5, 5.41) is 9.09. The van der Waals surface area contributed by atoms with Gasteiger partial charge in [-0.25, -0.2) is 0 Å². The number of carbonyl (C=O) groups is 3. The van der Waals surface area contributed by atoms with Crippen LogP contribution in [-0.2, 0) is 22.0 Å². The number of aromatic nitrogens is 1. The first-order valence-electron chi connectivity index (χ1n) is 16.3. The van der Waals surface area contributed by atoms with E-state index in [1.54, 1.807) is 42.4 Å². The minimum absolute atomic E-state index is 0.0146.